The van der Waals surface area contributed by atoms with Crippen molar-refractivity contribution in [2.24, 2.45) is 0 Å². The van der Waals surface area contributed by atoms with E-state index in [1.807, 2.05) is 0 Å². The summed E-state index contributed by atoms with van der Waals surface area (Å²) in [5.41, 5.74) is 0. The number of carbonyl (C=O) groups excluding carboxylic acids is 2. The van der Waals surface area contributed by atoms with Crippen LogP contribution in [0.2, 0.25) is 0 Å². The number of carbonyl (C=O) groups is 2. The van der Waals surface area contributed by atoms with E-state index in [1.165, 1.54) is 13.5 Å². The zero-order valence-electron chi connectivity index (χ0n) is 10.3. The van der Waals surface area contributed by atoms with Crippen LogP contribution in [0.3, 0.4) is 0 Å². The van der Waals surface area contributed by atoms with Crippen LogP contribution in [0.4, 0.5) is 4.79 Å². The van der Waals surface area contributed by atoms with Crippen molar-refractivity contribution < 1.29 is 14.3 Å². The van der Waals surface area contributed by atoms with Crippen LogP contribution in [0.5, 0.6) is 0 Å². The van der Waals surface area contributed by atoms with Crippen molar-refractivity contribution >= 4 is 12.0 Å². The first-order valence-electron chi connectivity index (χ1n) is 6.37. The van der Waals surface area contributed by atoms with Crippen LogP contribution in [0, 0.1) is 0 Å². The lowest BCUT2D eigenvalue weighted by Crippen LogP contribution is -2.55. The average molecular weight is 240 g/mol. The fourth-order valence-corrected chi connectivity index (χ4v) is 2.37. The highest BCUT2D eigenvalue weighted by Gasteiger charge is 2.34. The maximum Gasteiger partial charge on any atom is 0.328 e. The van der Waals surface area contributed by atoms with Gasteiger partial charge in [-0.05, 0) is 38.5 Å². The van der Waals surface area contributed by atoms with Crippen LogP contribution in [-0.2, 0) is 9.53 Å². The van der Waals surface area contributed by atoms with Gasteiger partial charge in [-0.1, -0.05) is 0 Å². The number of nitrogens with one attached hydrogen (secondary N) is 1. The molecule has 96 valence electrons. The number of esters is 1. The number of piperidine rings is 1. The van der Waals surface area contributed by atoms with E-state index < -0.39 is 6.04 Å². The molecule has 0 bridgehead atoms. The number of rotatable bonds is 2. The number of ether oxygens (including phenoxy) is 1. The molecule has 1 aliphatic carbocycles. The van der Waals surface area contributed by atoms with Crippen molar-refractivity contribution in [2.75, 3.05) is 13.7 Å². The SMILES string of the molecule is COC(=O)[C@H]1CCCCN1C(=O)NC1CCC1. The van der Waals surface area contributed by atoms with Crippen molar-refractivity contribution in [1.82, 2.24) is 10.2 Å². The molecule has 0 spiro atoms. The van der Waals surface area contributed by atoms with E-state index in [-0.39, 0.29) is 12.0 Å². The summed E-state index contributed by atoms with van der Waals surface area (Å²) in [4.78, 5) is 25.3. The Labute approximate surface area is 101 Å². The van der Waals surface area contributed by atoms with Crippen LogP contribution < -0.4 is 5.32 Å². The minimum absolute atomic E-state index is 0.107. The van der Waals surface area contributed by atoms with Gasteiger partial charge in [0, 0.05) is 12.6 Å². The molecule has 2 aliphatic rings. The maximum absolute atomic E-state index is 12.0. The minimum Gasteiger partial charge on any atom is -0.467 e. The summed E-state index contributed by atoms with van der Waals surface area (Å²) in [5, 5.41) is 2.97. The van der Waals surface area contributed by atoms with Gasteiger partial charge in [-0.3, -0.25) is 0 Å². The number of hydrogen-bond donors (Lipinski definition) is 1. The summed E-state index contributed by atoms with van der Waals surface area (Å²) in [5.74, 6) is -0.298. The second-order valence-electron chi connectivity index (χ2n) is 4.81. The van der Waals surface area contributed by atoms with Gasteiger partial charge in [-0.2, -0.15) is 0 Å². The largest absolute Gasteiger partial charge is 0.467 e. The first-order valence-corrected chi connectivity index (χ1v) is 6.37. The van der Waals surface area contributed by atoms with Crippen molar-refractivity contribution in [3.05, 3.63) is 0 Å². The molecule has 1 atom stereocenters. The summed E-state index contributed by atoms with van der Waals surface area (Å²) in [6.45, 7) is 0.651. The van der Waals surface area contributed by atoms with Gasteiger partial charge in [-0.15, -0.1) is 0 Å². The normalized spacial score (nSPS) is 25.0. The van der Waals surface area contributed by atoms with E-state index in [2.05, 4.69) is 5.32 Å². The van der Waals surface area contributed by atoms with Crippen molar-refractivity contribution in [2.45, 2.75) is 50.6 Å². The Balaban J connectivity index is 1.94. The molecular formula is C12H20N2O3. The van der Waals surface area contributed by atoms with E-state index in [9.17, 15) is 9.59 Å². The molecule has 0 aromatic rings. The van der Waals surface area contributed by atoms with Crippen LogP contribution in [0.1, 0.15) is 38.5 Å². The number of nitrogens with zero attached hydrogens (tertiary/aromatic N) is 1. The lowest BCUT2D eigenvalue weighted by Gasteiger charge is -2.36. The third-order valence-electron chi connectivity index (χ3n) is 3.67. The van der Waals surface area contributed by atoms with Gasteiger partial charge < -0.3 is 15.0 Å². The standard InChI is InChI=1S/C12H20N2O3/c1-17-11(15)10-7-2-3-8-14(10)12(16)13-9-5-4-6-9/h9-10H,2-8H2,1H3,(H,13,16)/t10-/m1/s1. The number of methoxy groups -OCH3 is 1. The summed E-state index contributed by atoms with van der Waals surface area (Å²) in [6.07, 6.45) is 5.96. The highest BCUT2D eigenvalue weighted by Crippen LogP contribution is 2.21. The Morgan fingerprint density at radius 3 is 2.53 bits per heavy atom. The van der Waals surface area contributed by atoms with Gasteiger partial charge in [0.05, 0.1) is 7.11 Å². The molecule has 0 aromatic heterocycles. The van der Waals surface area contributed by atoms with E-state index in [0.717, 1.165) is 25.7 Å². The molecule has 1 saturated carbocycles. The maximum atomic E-state index is 12.0. The highest BCUT2D eigenvalue weighted by molar-refractivity contribution is 5.84. The Morgan fingerprint density at radius 2 is 1.94 bits per heavy atom. The molecule has 1 heterocycles. The van der Waals surface area contributed by atoms with E-state index in [0.29, 0.717) is 19.0 Å². The van der Waals surface area contributed by atoms with Crippen LogP contribution in [0.25, 0.3) is 0 Å². The molecule has 0 unspecified atom stereocenters. The molecule has 2 fully saturated rings. The summed E-state index contributed by atoms with van der Waals surface area (Å²) < 4.78 is 4.75. The highest BCUT2D eigenvalue weighted by atomic mass is 16.5. The minimum atomic E-state index is -0.395. The van der Waals surface area contributed by atoms with E-state index >= 15 is 0 Å². The predicted molar refractivity (Wildman–Crippen MR) is 62.5 cm³/mol. The predicted octanol–water partition coefficient (Wildman–Crippen LogP) is 1.28. The zero-order chi connectivity index (χ0) is 12.3. The van der Waals surface area contributed by atoms with Crippen LogP contribution in [0.15, 0.2) is 0 Å². The molecule has 0 radical (unpaired) electrons. The second kappa shape index (κ2) is 5.38. The Morgan fingerprint density at radius 1 is 1.18 bits per heavy atom. The monoisotopic (exact) mass is 240 g/mol. The topological polar surface area (TPSA) is 58.6 Å². The Bertz CT molecular complexity index is 302. The van der Waals surface area contributed by atoms with Crippen molar-refractivity contribution in [1.29, 1.82) is 0 Å². The molecule has 1 N–H and O–H groups in total. The third-order valence-corrected chi connectivity index (χ3v) is 3.67. The lowest BCUT2D eigenvalue weighted by molar-refractivity contribution is -0.146. The molecule has 5 heteroatoms. The molecule has 1 saturated heterocycles. The molecule has 2 amide bonds. The smallest absolute Gasteiger partial charge is 0.328 e. The fraction of sp³-hybridized carbons (Fsp3) is 0.833. The van der Waals surface area contributed by atoms with Gasteiger partial charge >= 0.3 is 12.0 Å². The summed E-state index contributed by atoms with van der Waals surface area (Å²) in [6, 6.07) is -0.193. The first kappa shape index (κ1) is 12.2. The van der Waals surface area contributed by atoms with Crippen LogP contribution in [-0.4, -0.2) is 42.6 Å². The molecule has 1 aliphatic heterocycles. The third kappa shape index (κ3) is 2.70. The summed E-state index contributed by atoms with van der Waals surface area (Å²) >= 11 is 0. The van der Waals surface area contributed by atoms with Crippen molar-refractivity contribution in [3.8, 4) is 0 Å². The second-order valence-corrected chi connectivity index (χ2v) is 4.81. The molecular weight excluding hydrogens is 220 g/mol. The van der Waals surface area contributed by atoms with Gasteiger partial charge in [0.25, 0.3) is 0 Å². The number of likely N-dealkylation sites (tertiary alicyclic amines) is 1. The van der Waals surface area contributed by atoms with Gasteiger partial charge in [0.15, 0.2) is 0 Å². The van der Waals surface area contributed by atoms with Gasteiger partial charge in [-0.25, -0.2) is 9.59 Å². The molecule has 5 nitrogen and oxygen atoms in total. The van der Waals surface area contributed by atoms with Crippen molar-refractivity contribution in [3.63, 3.8) is 0 Å². The molecule has 0 aromatic carbocycles. The average Bonchev–Trinajstić information content (AvgIpc) is 2.32. The Hall–Kier alpha value is -1.26. The molecule has 17 heavy (non-hydrogen) atoms. The summed E-state index contributed by atoms with van der Waals surface area (Å²) in [7, 11) is 1.37. The quantitative estimate of drug-likeness (QED) is 0.740. The van der Waals surface area contributed by atoms with Crippen LogP contribution >= 0.6 is 0 Å². The van der Waals surface area contributed by atoms with Gasteiger partial charge in [0.1, 0.15) is 6.04 Å². The molecule has 2 rings (SSSR count). The lowest BCUT2D eigenvalue weighted by atomic mass is 9.93. The van der Waals surface area contributed by atoms with E-state index in [4.69, 9.17) is 4.74 Å². The zero-order valence-corrected chi connectivity index (χ0v) is 10.3. The first-order chi connectivity index (χ1) is 8.22. The number of amides is 2. The fourth-order valence-electron chi connectivity index (χ4n) is 2.37. The van der Waals surface area contributed by atoms with Gasteiger partial charge in [0.2, 0.25) is 0 Å². The van der Waals surface area contributed by atoms with E-state index in [1.54, 1.807) is 4.90 Å². The number of urea groups is 1. The number of hydrogen-bond acceptors (Lipinski definition) is 3. The Kier molecular flexibility index (Phi) is 3.86.